The third-order valence-electron chi connectivity index (χ3n) is 4.03. The van der Waals surface area contributed by atoms with Gasteiger partial charge in [0.05, 0.1) is 40.9 Å². The first-order chi connectivity index (χ1) is 14.7. The summed E-state index contributed by atoms with van der Waals surface area (Å²) in [4.78, 5) is 52.9. The Labute approximate surface area is 184 Å². The minimum absolute atomic E-state index is 0.0260. The highest BCUT2D eigenvalue weighted by Gasteiger charge is 2.21. The van der Waals surface area contributed by atoms with Crippen LogP contribution in [0, 0.1) is 10.1 Å². The normalized spacial score (nSPS) is 11.1. The summed E-state index contributed by atoms with van der Waals surface area (Å²) in [5.74, 6) is -1.62. The maximum atomic E-state index is 12.4. The van der Waals surface area contributed by atoms with Gasteiger partial charge in [-0.25, -0.2) is 4.98 Å². The molecule has 14 heteroatoms. The summed E-state index contributed by atoms with van der Waals surface area (Å²) in [6, 6.07) is 5.19. The Bertz CT molecular complexity index is 1440. The number of rotatable bonds is 6. The number of aromatic nitrogens is 2. The summed E-state index contributed by atoms with van der Waals surface area (Å²) >= 11 is 3.14. The predicted molar refractivity (Wildman–Crippen MR) is 118 cm³/mol. The molecule has 158 valence electrons. The molecule has 3 heterocycles. The number of nitro groups is 1. The number of amides is 2. The molecule has 0 bridgehead atoms. The van der Waals surface area contributed by atoms with Crippen LogP contribution in [0.4, 0.5) is 10.8 Å². The summed E-state index contributed by atoms with van der Waals surface area (Å²) in [5.41, 5.74) is 5.43. The van der Waals surface area contributed by atoms with E-state index in [2.05, 4.69) is 15.3 Å². The fourth-order valence-electron chi connectivity index (χ4n) is 2.75. The van der Waals surface area contributed by atoms with E-state index in [0.717, 1.165) is 40.5 Å². The van der Waals surface area contributed by atoms with Gasteiger partial charge in [0.15, 0.2) is 5.13 Å². The van der Waals surface area contributed by atoms with Crippen molar-refractivity contribution in [2.75, 3.05) is 11.1 Å². The van der Waals surface area contributed by atoms with Crippen LogP contribution in [0.25, 0.3) is 20.4 Å². The highest BCUT2D eigenvalue weighted by molar-refractivity contribution is 8.02. The lowest BCUT2D eigenvalue weighted by molar-refractivity contribution is -0.384. The molecule has 0 atom stereocenters. The first kappa shape index (κ1) is 20.8. The number of hydrogen-bond acceptors (Lipinski definition) is 10. The van der Waals surface area contributed by atoms with Crippen molar-refractivity contribution in [3.63, 3.8) is 0 Å². The number of hydrogen-bond donors (Lipinski definition) is 4. The third-order valence-corrected chi connectivity index (χ3v) is 7.45. The number of pyridine rings is 1. The van der Waals surface area contributed by atoms with Gasteiger partial charge in [-0.3, -0.25) is 24.5 Å². The number of benzene rings is 1. The summed E-state index contributed by atoms with van der Waals surface area (Å²) in [7, 11) is 0. The van der Waals surface area contributed by atoms with E-state index in [1.54, 1.807) is 0 Å². The van der Waals surface area contributed by atoms with Crippen molar-refractivity contribution in [2.24, 2.45) is 5.73 Å². The van der Waals surface area contributed by atoms with E-state index in [-0.39, 0.29) is 38.1 Å². The number of fused-ring (bicyclic) bond motifs is 2. The molecule has 2 amide bonds. The van der Waals surface area contributed by atoms with Gasteiger partial charge in [0.1, 0.15) is 5.75 Å². The first-order valence-corrected chi connectivity index (χ1v) is 11.0. The molecule has 0 saturated carbocycles. The van der Waals surface area contributed by atoms with E-state index in [0.29, 0.717) is 14.4 Å². The second-order valence-electron chi connectivity index (χ2n) is 6.12. The molecule has 0 aliphatic carbocycles. The standard InChI is InChI=1S/C17H11N5O6S3/c18-15(26)12-13-14(8(23)4-10(24)20-13)31-16(12)29-5-11(25)21-17-19-7-2-1-6(22(27)28)3-9(7)30-17/h1-4H,5H2,(H2,18,26)(H,19,21,25)(H2,20,23,24). The van der Waals surface area contributed by atoms with Gasteiger partial charge >= 0.3 is 0 Å². The Morgan fingerprint density at radius 3 is 2.81 bits per heavy atom. The topological polar surface area (TPSA) is 181 Å². The van der Waals surface area contributed by atoms with Crippen molar-refractivity contribution < 1.29 is 19.6 Å². The molecule has 0 saturated heterocycles. The molecule has 11 nitrogen and oxygen atoms in total. The van der Waals surface area contributed by atoms with Gasteiger partial charge in [0.2, 0.25) is 5.91 Å². The van der Waals surface area contributed by atoms with E-state index in [9.17, 15) is 29.6 Å². The van der Waals surface area contributed by atoms with Crippen LogP contribution in [0.3, 0.4) is 0 Å². The molecule has 31 heavy (non-hydrogen) atoms. The largest absolute Gasteiger partial charge is 0.506 e. The molecule has 0 spiro atoms. The Hall–Kier alpha value is -3.49. The summed E-state index contributed by atoms with van der Waals surface area (Å²) in [6.07, 6.45) is 0. The van der Waals surface area contributed by atoms with Crippen molar-refractivity contribution >= 4 is 77.5 Å². The number of anilines is 1. The van der Waals surface area contributed by atoms with Gasteiger partial charge in [0.25, 0.3) is 17.2 Å². The lowest BCUT2D eigenvalue weighted by Crippen LogP contribution is -2.15. The average molecular weight is 478 g/mol. The number of nitrogens with two attached hydrogens (primary N) is 1. The Morgan fingerprint density at radius 1 is 1.32 bits per heavy atom. The molecule has 0 fully saturated rings. The summed E-state index contributed by atoms with van der Waals surface area (Å²) < 4.78 is 1.20. The van der Waals surface area contributed by atoms with Crippen molar-refractivity contribution in [3.8, 4) is 5.75 Å². The number of nitro benzene ring substituents is 1. The Balaban J connectivity index is 1.53. The van der Waals surface area contributed by atoms with Gasteiger partial charge in [0, 0.05) is 18.2 Å². The van der Waals surface area contributed by atoms with Gasteiger partial charge in [-0.15, -0.1) is 23.1 Å². The molecule has 0 unspecified atom stereocenters. The number of nitrogens with one attached hydrogen (secondary N) is 2. The van der Waals surface area contributed by atoms with E-state index in [4.69, 9.17) is 5.73 Å². The molecular formula is C17H11N5O6S3. The third kappa shape index (κ3) is 4.08. The number of thiazole rings is 1. The number of aromatic hydroxyl groups is 1. The molecular weight excluding hydrogens is 466 g/mol. The van der Waals surface area contributed by atoms with Crippen molar-refractivity contribution in [1.29, 1.82) is 0 Å². The zero-order chi connectivity index (χ0) is 22.3. The smallest absolute Gasteiger partial charge is 0.270 e. The molecule has 5 N–H and O–H groups in total. The van der Waals surface area contributed by atoms with Gasteiger partial charge in [-0.1, -0.05) is 11.3 Å². The monoisotopic (exact) mass is 477 g/mol. The highest BCUT2D eigenvalue weighted by Crippen LogP contribution is 2.40. The molecule has 4 rings (SSSR count). The van der Waals surface area contributed by atoms with Gasteiger partial charge in [-0.05, 0) is 6.07 Å². The molecule has 0 aliphatic rings. The number of aromatic amines is 1. The Kier molecular flexibility index (Phi) is 5.34. The molecule has 1 aromatic carbocycles. The minimum atomic E-state index is -0.803. The molecule has 0 radical (unpaired) electrons. The van der Waals surface area contributed by atoms with E-state index in [1.807, 2.05) is 0 Å². The lowest BCUT2D eigenvalue weighted by Gasteiger charge is -2.02. The Morgan fingerprint density at radius 2 is 2.10 bits per heavy atom. The fourth-order valence-corrected chi connectivity index (χ4v) is 5.92. The van der Waals surface area contributed by atoms with Crippen molar-refractivity contribution in [1.82, 2.24) is 9.97 Å². The number of carbonyl (C=O) groups is 2. The SMILES string of the molecule is NC(=O)c1c(SCC(=O)Nc2nc3ccc([N+](=O)[O-])cc3s2)sc2c(O)cc(=O)[nH]c12. The van der Waals surface area contributed by atoms with E-state index < -0.39 is 22.3 Å². The summed E-state index contributed by atoms with van der Waals surface area (Å²) in [6.45, 7) is 0. The lowest BCUT2D eigenvalue weighted by atomic mass is 10.2. The maximum absolute atomic E-state index is 12.4. The number of nitrogens with zero attached hydrogens (tertiary/aromatic N) is 2. The summed E-state index contributed by atoms with van der Waals surface area (Å²) in [5, 5.41) is 23.7. The van der Waals surface area contributed by atoms with Crippen LogP contribution in [0.2, 0.25) is 0 Å². The first-order valence-electron chi connectivity index (χ1n) is 8.39. The van der Waals surface area contributed by atoms with Gasteiger partial charge in [-0.2, -0.15) is 0 Å². The molecule has 3 aromatic heterocycles. The second-order valence-corrected chi connectivity index (χ2v) is 9.41. The van der Waals surface area contributed by atoms with Crippen LogP contribution < -0.4 is 16.6 Å². The van der Waals surface area contributed by atoms with Crippen LogP contribution in [-0.2, 0) is 4.79 Å². The van der Waals surface area contributed by atoms with Crippen molar-refractivity contribution in [3.05, 3.63) is 50.3 Å². The maximum Gasteiger partial charge on any atom is 0.270 e. The fraction of sp³-hybridized carbons (Fsp3) is 0.0588. The number of H-pyrrole nitrogens is 1. The average Bonchev–Trinajstić information content (AvgIpc) is 3.26. The number of non-ortho nitro benzene ring substituents is 1. The zero-order valence-electron chi connectivity index (χ0n) is 15.2. The predicted octanol–water partition coefficient (Wildman–Crippen LogP) is 2.64. The number of thioether (sulfide) groups is 1. The highest BCUT2D eigenvalue weighted by atomic mass is 32.2. The van der Waals surface area contributed by atoms with Crippen molar-refractivity contribution in [2.45, 2.75) is 4.21 Å². The molecule has 0 aliphatic heterocycles. The second kappa shape index (κ2) is 7.98. The van der Waals surface area contributed by atoms with Crippen LogP contribution in [0.5, 0.6) is 5.75 Å². The molecule has 4 aromatic rings. The van der Waals surface area contributed by atoms with Crippen LogP contribution in [-0.4, -0.2) is 37.6 Å². The number of primary amides is 1. The quantitative estimate of drug-likeness (QED) is 0.186. The number of thiophene rings is 1. The van der Waals surface area contributed by atoms with Crippen LogP contribution in [0.1, 0.15) is 10.4 Å². The minimum Gasteiger partial charge on any atom is -0.506 e. The van der Waals surface area contributed by atoms with Crippen LogP contribution >= 0.6 is 34.4 Å². The van der Waals surface area contributed by atoms with E-state index in [1.165, 1.54) is 18.2 Å². The zero-order valence-corrected chi connectivity index (χ0v) is 17.7. The number of carbonyl (C=O) groups excluding carboxylic acids is 2. The van der Waals surface area contributed by atoms with Crippen LogP contribution in [0.15, 0.2) is 33.3 Å². The van der Waals surface area contributed by atoms with E-state index >= 15 is 0 Å². The van der Waals surface area contributed by atoms with Gasteiger partial charge < -0.3 is 21.1 Å².